The van der Waals surface area contributed by atoms with Gasteiger partial charge in [-0.05, 0) is 91.8 Å². The lowest BCUT2D eigenvalue weighted by atomic mass is 9.47. The van der Waals surface area contributed by atoms with Crippen molar-refractivity contribution in [2.24, 2.45) is 46.3 Å². The molecule has 20 atom stereocenters. The molecule has 0 aromatic carbocycles. The molecule has 0 aromatic heterocycles. The summed E-state index contributed by atoms with van der Waals surface area (Å²) in [4.78, 5) is 0. The van der Waals surface area contributed by atoms with Gasteiger partial charge in [0.25, 0.3) is 0 Å². The van der Waals surface area contributed by atoms with Crippen LogP contribution in [0.3, 0.4) is 0 Å². The quantitative estimate of drug-likeness (QED) is 0.230. The molecule has 4 heterocycles. The van der Waals surface area contributed by atoms with Gasteiger partial charge in [-0.2, -0.15) is 0 Å². The van der Waals surface area contributed by atoms with Crippen LogP contribution in [-0.4, -0.2) is 124 Å². The maximum absolute atomic E-state index is 10.8. The van der Waals surface area contributed by atoms with Gasteiger partial charge < -0.3 is 59.1 Å². The van der Waals surface area contributed by atoms with Gasteiger partial charge in [0.05, 0.1) is 32.0 Å². The van der Waals surface area contributed by atoms with Crippen molar-refractivity contribution >= 4 is 0 Å². The fraction of sp³-hybridized carbons (Fsp3) is 0.947. The van der Waals surface area contributed by atoms with Crippen LogP contribution in [-0.2, 0) is 28.4 Å². The van der Waals surface area contributed by atoms with Crippen LogP contribution in [0.1, 0.15) is 85.5 Å². The lowest BCUT2D eigenvalue weighted by molar-refractivity contribution is -0.328. The van der Waals surface area contributed by atoms with Gasteiger partial charge in [0, 0.05) is 12.3 Å². The van der Waals surface area contributed by atoms with Crippen LogP contribution in [0.25, 0.3) is 0 Å². The minimum absolute atomic E-state index is 0.0786. The van der Waals surface area contributed by atoms with Crippen LogP contribution < -0.4 is 0 Å². The highest BCUT2D eigenvalue weighted by Crippen LogP contribution is 2.70. The van der Waals surface area contributed by atoms with Crippen LogP contribution in [0.2, 0.25) is 0 Å². The van der Waals surface area contributed by atoms with Crippen molar-refractivity contribution in [3.05, 3.63) is 11.6 Å². The summed E-state index contributed by atoms with van der Waals surface area (Å²) in [5.41, 5.74) is 1.75. The molecule has 0 aromatic rings. The van der Waals surface area contributed by atoms with E-state index in [1.807, 2.05) is 0 Å². The van der Waals surface area contributed by atoms with Crippen molar-refractivity contribution in [3.8, 4) is 0 Å². The van der Waals surface area contributed by atoms with E-state index in [9.17, 15) is 30.6 Å². The average molecular weight is 709 g/mol. The molecule has 12 heteroatoms. The lowest BCUT2D eigenvalue weighted by Crippen LogP contribution is -2.61. The highest BCUT2D eigenvalue weighted by molar-refractivity contribution is 5.26. The molecule has 4 aliphatic carbocycles. The van der Waals surface area contributed by atoms with E-state index in [-0.39, 0.29) is 36.3 Å². The number of aliphatic hydroxyl groups excluding tert-OH is 6. The Morgan fingerprint density at radius 3 is 2.38 bits per heavy atom. The molecular formula is C38H60O12. The van der Waals surface area contributed by atoms with Crippen molar-refractivity contribution in [2.45, 2.75) is 159 Å². The average Bonchev–Trinajstić information content (AvgIpc) is 3.54. The van der Waals surface area contributed by atoms with E-state index >= 15 is 0 Å². The Labute approximate surface area is 295 Å². The van der Waals surface area contributed by atoms with Gasteiger partial charge in [0.15, 0.2) is 18.4 Å². The Bertz CT molecular complexity index is 1270. The highest BCUT2D eigenvalue weighted by atomic mass is 16.7. The van der Waals surface area contributed by atoms with Gasteiger partial charge in [0.1, 0.15) is 42.7 Å². The minimum atomic E-state index is -1.53. The van der Waals surface area contributed by atoms with E-state index in [1.54, 1.807) is 0 Å². The monoisotopic (exact) mass is 708 g/mol. The van der Waals surface area contributed by atoms with Crippen LogP contribution in [0, 0.1) is 46.3 Å². The number of hydrogen-bond donors (Lipinski definition) is 6. The summed E-state index contributed by atoms with van der Waals surface area (Å²) < 4.78 is 36.7. The molecule has 4 aliphatic heterocycles. The van der Waals surface area contributed by atoms with Crippen molar-refractivity contribution in [1.29, 1.82) is 0 Å². The van der Waals surface area contributed by atoms with Crippen LogP contribution in [0.5, 0.6) is 0 Å². The topological polar surface area (TPSA) is 177 Å². The van der Waals surface area contributed by atoms with E-state index in [0.29, 0.717) is 35.5 Å². The molecule has 6 N–H and O–H groups in total. The Morgan fingerprint density at radius 2 is 1.62 bits per heavy atom. The summed E-state index contributed by atoms with van der Waals surface area (Å²) in [5.74, 6) is 3.00. The van der Waals surface area contributed by atoms with Crippen molar-refractivity contribution in [3.63, 3.8) is 0 Å². The Hall–Kier alpha value is -0.740. The van der Waals surface area contributed by atoms with Crippen molar-refractivity contribution in [1.82, 2.24) is 0 Å². The molecule has 0 amide bonds. The molecule has 4 saturated heterocycles. The predicted molar refractivity (Wildman–Crippen MR) is 177 cm³/mol. The molecular weight excluding hydrogens is 648 g/mol. The summed E-state index contributed by atoms with van der Waals surface area (Å²) in [6.45, 7) is 9.95. The molecule has 0 bridgehead atoms. The molecule has 50 heavy (non-hydrogen) atoms. The van der Waals surface area contributed by atoms with Gasteiger partial charge in [-0.15, -0.1) is 0 Å². The van der Waals surface area contributed by atoms with E-state index in [2.05, 4.69) is 33.8 Å². The van der Waals surface area contributed by atoms with Crippen LogP contribution in [0.4, 0.5) is 0 Å². The molecule has 0 unspecified atom stereocenters. The zero-order valence-electron chi connectivity index (χ0n) is 30.0. The van der Waals surface area contributed by atoms with E-state index in [1.165, 1.54) is 24.8 Å². The maximum Gasteiger partial charge on any atom is 0.186 e. The van der Waals surface area contributed by atoms with Gasteiger partial charge in [0.2, 0.25) is 0 Å². The lowest BCUT2D eigenvalue weighted by Gasteiger charge is -2.58. The fourth-order valence-corrected chi connectivity index (χ4v) is 12.2. The first-order chi connectivity index (χ1) is 23.8. The van der Waals surface area contributed by atoms with Gasteiger partial charge in [-0.25, -0.2) is 0 Å². The zero-order valence-corrected chi connectivity index (χ0v) is 30.0. The van der Waals surface area contributed by atoms with Crippen molar-refractivity contribution in [2.75, 3.05) is 19.8 Å². The fourth-order valence-electron chi connectivity index (χ4n) is 12.2. The van der Waals surface area contributed by atoms with E-state index in [0.717, 1.165) is 45.1 Å². The summed E-state index contributed by atoms with van der Waals surface area (Å²) in [7, 11) is 0. The summed E-state index contributed by atoms with van der Waals surface area (Å²) in [6, 6.07) is 0. The third-order valence-corrected chi connectivity index (χ3v) is 15.2. The first kappa shape index (κ1) is 36.2. The number of hydrogen-bond acceptors (Lipinski definition) is 12. The Morgan fingerprint density at radius 1 is 0.840 bits per heavy atom. The first-order valence-electron chi connectivity index (χ1n) is 19.4. The molecule has 12 nitrogen and oxygen atoms in total. The molecule has 8 rings (SSSR count). The summed E-state index contributed by atoms with van der Waals surface area (Å²) in [5, 5.41) is 62.1. The zero-order chi connectivity index (χ0) is 35.3. The third kappa shape index (κ3) is 5.70. The molecule has 284 valence electrons. The summed E-state index contributed by atoms with van der Waals surface area (Å²) in [6.07, 6.45) is -0.382. The number of allylic oxidation sites excluding steroid dienone is 1. The molecule has 7 fully saturated rings. The molecule has 3 saturated carbocycles. The number of ether oxygens (including phenoxy) is 6. The van der Waals surface area contributed by atoms with Gasteiger partial charge in [-0.3, -0.25) is 0 Å². The molecule has 1 spiro atoms. The third-order valence-electron chi connectivity index (χ3n) is 15.2. The predicted octanol–water partition coefficient (Wildman–Crippen LogP) is 2.00. The largest absolute Gasteiger partial charge is 0.388 e. The minimum Gasteiger partial charge on any atom is -0.388 e. The Balaban J connectivity index is 0.910. The summed E-state index contributed by atoms with van der Waals surface area (Å²) >= 11 is 0. The van der Waals surface area contributed by atoms with E-state index < -0.39 is 61.1 Å². The normalized spacial score (nSPS) is 57.8. The highest BCUT2D eigenvalue weighted by Gasteiger charge is 2.68. The van der Waals surface area contributed by atoms with Crippen LogP contribution >= 0.6 is 0 Å². The Kier molecular flexibility index (Phi) is 9.59. The maximum atomic E-state index is 10.8. The first-order valence-corrected chi connectivity index (χ1v) is 19.4. The second kappa shape index (κ2) is 13.2. The van der Waals surface area contributed by atoms with Crippen LogP contribution in [0.15, 0.2) is 11.6 Å². The second-order valence-electron chi connectivity index (χ2n) is 17.9. The standard InChI is InChI=1S/C38H60O12/c1-18-7-12-38(47-15-18)19(2)28-26(50-38)14-24-22-6-5-20-13-21(8-10-36(20,3)23(22)9-11-37(24,28)4)48-35-33(44)31(42)30(41)27(49-35)17-46-34-32(43)29(40)25(39)16-45-34/h5,18-19,21-35,39-44H,6-17H2,1-4H3/t18-,19+,21+,22-,23+,24+,25-,26+,27-,28+,29+,30-,31+,32-,33-,34+,35-,36+,37+,38-/m1/s1. The number of aliphatic hydroxyl groups is 6. The van der Waals surface area contributed by atoms with Gasteiger partial charge >= 0.3 is 0 Å². The van der Waals surface area contributed by atoms with Crippen molar-refractivity contribution < 1.29 is 59.1 Å². The second-order valence-corrected chi connectivity index (χ2v) is 17.9. The number of fused-ring (bicyclic) bond motifs is 7. The SMILES string of the molecule is C[C@@H]1CC[C@@]2(OC1)O[C@H]1C[C@H]3[C@@H]4CC=C5C[C@@H](O[C@@H]6O[C@H](CO[C@@H]7OC[C@@H](O)[C@H](O)[C@H]7O)[C@@H](O)[C@H](O)[C@H]6O)CC[C@]5(C)[C@H]4CC[C@]3(C)[C@H]1[C@@H]2C. The van der Waals surface area contributed by atoms with Gasteiger partial charge in [-0.1, -0.05) is 39.3 Å². The molecule has 0 radical (unpaired) electrons. The number of rotatable bonds is 5. The molecule has 8 aliphatic rings. The van der Waals surface area contributed by atoms with E-state index in [4.69, 9.17) is 28.4 Å². The smallest absolute Gasteiger partial charge is 0.186 e.